The van der Waals surface area contributed by atoms with Crippen LogP contribution in [0.25, 0.3) is 0 Å². The smallest absolute Gasteiger partial charge is 0.152 e. The van der Waals surface area contributed by atoms with E-state index >= 15 is 0 Å². The normalized spacial score (nSPS) is 14.5. The summed E-state index contributed by atoms with van der Waals surface area (Å²) in [6, 6.07) is 0. The maximum absolute atomic E-state index is 8.33. The number of hydrogen-bond donors (Lipinski definition) is 1. The summed E-state index contributed by atoms with van der Waals surface area (Å²) in [5.74, 6) is 0. The van der Waals surface area contributed by atoms with Crippen LogP contribution < -0.4 is 0 Å². The van der Waals surface area contributed by atoms with E-state index in [1.54, 1.807) is 6.92 Å². The van der Waals surface area contributed by atoms with Gasteiger partial charge in [-0.3, -0.25) is 0 Å². The molecule has 1 N–H and O–H groups in total. The topological polar surface area (TPSA) is 29.5 Å². The lowest BCUT2D eigenvalue weighted by Gasteiger charge is -1.98. The third kappa shape index (κ3) is 4.65. The van der Waals surface area contributed by atoms with Gasteiger partial charge in [0, 0.05) is 0 Å². The van der Waals surface area contributed by atoms with Crippen LogP contribution in [-0.4, -0.2) is 16.0 Å². The highest BCUT2D eigenvalue weighted by Crippen LogP contribution is 1.87. The van der Waals surface area contributed by atoms with E-state index < -0.39 is 6.29 Å². The summed E-state index contributed by atoms with van der Waals surface area (Å²) in [6.45, 7) is 1.58. The highest BCUT2D eigenvalue weighted by atomic mass is 127. The Morgan fingerprint density at radius 3 is 2.50 bits per heavy atom. The molecular formula is C3H7IO2. The molecule has 0 saturated carbocycles. The average molecular weight is 202 g/mol. The van der Waals surface area contributed by atoms with E-state index in [9.17, 15) is 0 Å². The van der Waals surface area contributed by atoms with E-state index in [4.69, 9.17) is 5.11 Å². The van der Waals surface area contributed by atoms with Crippen LogP contribution in [0.3, 0.4) is 0 Å². The molecule has 1 unspecified atom stereocenters. The zero-order valence-electron chi connectivity index (χ0n) is 3.52. The van der Waals surface area contributed by atoms with Crippen LogP contribution >= 0.6 is 22.6 Å². The number of hydrogen-bond acceptors (Lipinski definition) is 2. The van der Waals surface area contributed by atoms with Crippen LogP contribution in [0.15, 0.2) is 0 Å². The van der Waals surface area contributed by atoms with Gasteiger partial charge in [-0.15, -0.1) is 0 Å². The van der Waals surface area contributed by atoms with Gasteiger partial charge in [-0.2, -0.15) is 0 Å². The Balaban J connectivity index is 2.63. The summed E-state index contributed by atoms with van der Waals surface area (Å²) >= 11 is 2.02. The van der Waals surface area contributed by atoms with Crippen LogP contribution in [0.1, 0.15) is 6.92 Å². The van der Waals surface area contributed by atoms with Gasteiger partial charge in [0.1, 0.15) is 4.61 Å². The number of aliphatic hydroxyl groups is 1. The molecule has 0 amide bonds. The number of ether oxygens (including phenoxy) is 1. The number of alkyl halides is 1. The third-order valence-electron chi connectivity index (χ3n) is 0.304. The van der Waals surface area contributed by atoms with E-state index in [-0.39, 0.29) is 0 Å². The largest absolute Gasteiger partial charge is 0.368 e. The second-order valence-electron chi connectivity index (χ2n) is 0.875. The van der Waals surface area contributed by atoms with Gasteiger partial charge in [0.2, 0.25) is 0 Å². The molecule has 6 heavy (non-hydrogen) atoms. The van der Waals surface area contributed by atoms with E-state index in [1.807, 2.05) is 22.6 Å². The molecule has 3 heteroatoms. The molecule has 2 nitrogen and oxygen atoms in total. The van der Waals surface area contributed by atoms with Gasteiger partial charge in [0.05, 0.1) is 0 Å². The van der Waals surface area contributed by atoms with Crippen LogP contribution in [0.4, 0.5) is 0 Å². The van der Waals surface area contributed by atoms with Crippen LogP contribution in [0.2, 0.25) is 0 Å². The first-order valence-electron chi connectivity index (χ1n) is 1.63. The van der Waals surface area contributed by atoms with Gasteiger partial charge in [-0.1, -0.05) is 22.6 Å². The lowest BCUT2D eigenvalue weighted by atomic mass is 10.8. The predicted octanol–water partition coefficient (Wildman–Crippen LogP) is 0.734. The zero-order valence-corrected chi connectivity index (χ0v) is 5.68. The molecule has 0 aromatic carbocycles. The molecule has 0 heterocycles. The average Bonchev–Trinajstić information content (AvgIpc) is 1.35. The van der Waals surface area contributed by atoms with Crippen molar-refractivity contribution < 1.29 is 9.84 Å². The SMILES string of the molecule is CC(O)OCI. The van der Waals surface area contributed by atoms with Crippen molar-refractivity contribution in [3.05, 3.63) is 0 Å². The molecule has 0 aliphatic carbocycles. The van der Waals surface area contributed by atoms with Gasteiger partial charge >= 0.3 is 0 Å². The monoisotopic (exact) mass is 202 g/mol. The minimum absolute atomic E-state index is 0.551. The Labute approximate surface area is 50.6 Å². The molecule has 0 aliphatic rings. The second-order valence-corrected chi connectivity index (χ2v) is 1.50. The standard InChI is InChI=1S/C3H7IO2/c1-3(5)6-2-4/h3,5H,2H2,1H3. The number of rotatable bonds is 2. The molecule has 0 saturated heterocycles. The lowest BCUT2D eigenvalue weighted by molar-refractivity contribution is -0.0618. The molecule has 0 radical (unpaired) electrons. The predicted molar refractivity (Wildman–Crippen MR) is 31.7 cm³/mol. The van der Waals surface area contributed by atoms with Gasteiger partial charge in [-0.05, 0) is 6.92 Å². The first-order chi connectivity index (χ1) is 2.77. The van der Waals surface area contributed by atoms with Gasteiger partial charge in [-0.25, -0.2) is 0 Å². The summed E-state index contributed by atoms with van der Waals surface area (Å²) < 4.78 is 5.13. The van der Waals surface area contributed by atoms with E-state index in [1.165, 1.54) is 0 Å². The van der Waals surface area contributed by atoms with E-state index in [2.05, 4.69) is 4.74 Å². The summed E-state index contributed by atoms with van der Waals surface area (Å²) in [6.07, 6.45) is -0.609. The highest BCUT2D eigenvalue weighted by molar-refractivity contribution is 14.1. The Morgan fingerprint density at radius 2 is 2.50 bits per heavy atom. The first kappa shape index (κ1) is 6.65. The summed E-state index contributed by atoms with van der Waals surface area (Å²) in [5.41, 5.74) is 0. The lowest BCUT2D eigenvalue weighted by Crippen LogP contribution is -2.02. The quantitative estimate of drug-likeness (QED) is 0.406. The van der Waals surface area contributed by atoms with Crippen molar-refractivity contribution in [2.24, 2.45) is 0 Å². The zero-order chi connectivity index (χ0) is 4.99. The van der Waals surface area contributed by atoms with Gasteiger partial charge < -0.3 is 9.84 Å². The molecule has 0 aromatic rings. The van der Waals surface area contributed by atoms with Crippen LogP contribution in [0.5, 0.6) is 0 Å². The molecule has 38 valence electrons. The van der Waals surface area contributed by atoms with Crippen molar-refractivity contribution in [2.45, 2.75) is 13.2 Å². The van der Waals surface area contributed by atoms with Crippen molar-refractivity contribution in [3.8, 4) is 0 Å². The highest BCUT2D eigenvalue weighted by Gasteiger charge is 1.86. The molecule has 0 fully saturated rings. The van der Waals surface area contributed by atoms with Crippen molar-refractivity contribution >= 4 is 22.6 Å². The molecule has 0 aromatic heterocycles. The fourth-order valence-electron chi connectivity index (χ4n) is 0.0912. The van der Waals surface area contributed by atoms with Crippen molar-refractivity contribution in [1.29, 1.82) is 0 Å². The summed E-state index contributed by atoms with van der Waals surface area (Å²) in [5, 5.41) is 8.33. The second kappa shape index (κ2) is 3.83. The Hall–Kier alpha value is 0.650. The first-order valence-corrected chi connectivity index (χ1v) is 3.15. The molecule has 0 bridgehead atoms. The molecule has 0 rings (SSSR count). The van der Waals surface area contributed by atoms with Crippen molar-refractivity contribution in [1.82, 2.24) is 0 Å². The number of aliphatic hydroxyl groups excluding tert-OH is 1. The van der Waals surface area contributed by atoms with E-state index in [0.717, 1.165) is 0 Å². The van der Waals surface area contributed by atoms with E-state index in [0.29, 0.717) is 4.61 Å². The Bertz CT molecular complexity index is 30.0. The van der Waals surface area contributed by atoms with Gasteiger partial charge in [0.25, 0.3) is 0 Å². The summed E-state index contributed by atoms with van der Waals surface area (Å²) in [4.78, 5) is 0. The molecule has 0 aliphatic heterocycles. The third-order valence-corrected chi connectivity index (χ3v) is 0.664. The fourth-order valence-corrected chi connectivity index (χ4v) is 0.612. The van der Waals surface area contributed by atoms with Crippen LogP contribution in [-0.2, 0) is 4.74 Å². The minimum atomic E-state index is -0.609. The van der Waals surface area contributed by atoms with Crippen molar-refractivity contribution in [2.75, 3.05) is 4.61 Å². The number of halogens is 1. The maximum Gasteiger partial charge on any atom is 0.152 e. The van der Waals surface area contributed by atoms with Gasteiger partial charge in [0.15, 0.2) is 6.29 Å². The molecule has 0 spiro atoms. The minimum Gasteiger partial charge on any atom is -0.368 e. The maximum atomic E-state index is 8.33. The Morgan fingerprint density at radius 1 is 2.00 bits per heavy atom. The molecule has 1 atom stereocenters. The fraction of sp³-hybridized carbons (Fsp3) is 1.00. The Kier molecular flexibility index (Phi) is 4.24. The molecular weight excluding hydrogens is 195 g/mol. The van der Waals surface area contributed by atoms with Crippen molar-refractivity contribution in [3.63, 3.8) is 0 Å². The summed E-state index contributed by atoms with van der Waals surface area (Å²) in [7, 11) is 0. The van der Waals surface area contributed by atoms with Crippen LogP contribution in [0, 0.1) is 0 Å².